The van der Waals surface area contributed by atoms with Gasteiger partial charge in [-0.3, -0.25) is 9.59 Å². The van der Waals surface area contributed by atoms with Gasteiger partial charge in [0, 0.05) is 6.42 Å². The first-order valence-corrected chi connectivity index (χ1v) is 12.4. The molecule has 0 saturated heterocycles. The molecule has 1 atom stereocenters. The lowest BCUT2D eigenvalue weighted by molar-refractivity contribution is -0.150. The van der Waals surface area contributed by atoms with Gasteiger partial charge in [0.05, 0.1) is 10.9 Å². The normalized spacial score (nSPS) is 11.5. The van der Waals surface area contributed by atoms with Gasteiger partial charge in [0.2, 0.25) is 0 Å². The van der Waals surface area contributed by atoms with Gasteiger partial charge in [-0.1, -0.05) is 97.1 Å². The van der Waals surface area contributed by atoms with Crippen LogP contribution in [0.1, 0.15) is 32.4 Å². The lowest BCUT2D eigenvalue weighted by Crippen LogP contribution is -2.44. The second-order valence-electron chi connectivity index (χ2n) is 8.12. The Bertz CT molecular complexity index is 1220. The highest BCUT2D eigenvalue weighted by molar-refractivity contribution is 7.12. The Morgan fingerprint density at radius 1 is 0.722 bits per heavy atom. The summed E-state index contributed by atoms with van der Waals surface area (Å²) < 4.78 is 5.37. The van der Waals surface area contributed by atoms with Gasteiger partial charge in [0.15, 0.2) is 6.61 Å². The van der Waals surface area contributed by atoms with Crippen molar-refractivity contribution in [2.45, 2.75) is 18.5 Å². The Morgan fingerprint density at radius 2 is 1.31 bits per heavy atom. The molecule has 0 spiro atoms. The van der Waals surface area contributed by atoms with Gasteiger partial charge < -0.3 is 15.4 Å². The van der Waals surface area contributed by atoms with Crippen LogP contribution in [0.25, 0.3) is 0 Å². The van der Waals surface area contributed by atoms with Crippen molar-refractivity contribution in [3.63, 3.8) is 0 Å². The minimum atomic E-state index is -0.936. The maximum absolute atomic E-state index is 13.0. The van der Waals surface area contributed by atoms with E-state index in [-0.39, 0.29) is 12.3 Å². The molecule has 6 nitrogen and oxygen atoms in total. The second-order valence-corrected chi connectivity index (χ2v) is 9.07. The highest BCUT2D eigenvalue weighted by Crippen LogP contribution is 2.21. The fraction of sp³-hybridized carbons (Fsp3) is 0.138. The van der Waals surface area contributed by atoms with E-state index in [1.54, 1.807) is 17.5 Å². The van der Waals surface area contributed by atoms with Crippen molar-refractivity contribution < 1.29 is 19.1 Å². The van der Waals surface area contributed by atoms with Crippen LogP contribution in [0.5, 0.6) is 0 Å². The van der Waals surface area contributed by atoms with E-state index in [2.05, 4.69) is 10.6 Å². The van der Waals surface area contributed by atoms with Crippen LogP contribution in [0.2, 0.25) is 0 Å². The number of esters is 1. The number of benzene rings is 3. The number of hydrogen-bond acceptors (Lipinski definition) is 5. The zero-order valence-electron chi connectivity index (χ0n) is 19.5. The maximum Gasteiger partial charge on any atom is 0.329 e. The van der Waals surface area contributed by atoms with Crippen molar-refractivity contribution in [3.8, 4) is 0 Å². The first-order chi connectivity index (χ1) is 17.6. The molecule has 2 N–H and O–H groups in total. The van der Waals surface area contributed by atoms with Gasteiger partial charge >= 0.3 is 5.97 Å². The fourth-order valence-electron chi connectivity index (χ4n) is 3.77. The topological polar surface area (TPSA) is 84.5 Å². The Labute approximate surface area is 213 Å². The minimum Gasteiger partial charge on any atom is -0.454 e. The van der Waals surface area contributed by atoms with Crippen molar-refractivity contribution in [1.82, 2.24) is 10.6 Å². The maximum atomic E-state index is 13.0. The number of carbonyl (C=O) groups is 3. The average molecular weight is 499 g/mol. The Balaban J connectivity index is 1.42. The van der Waals surface area contributed by atoms with Crippen LogP contribution in [-0.2, 0) is 20.7 Å². The van der Waals surface area contributed by atoms with Crippen LogP contribution in [0.4, 0.5) is 0 Å². The zero-order chi connectivity index (χ0) is 25.2. The number of amides is 2. The van der Waals surface area contributed by atoms with Crippen LogP contribution in [0, 0.1) is 0 Å². The van der Waals surface area contributed by atoms with Crippen molar-refractivity contribution in [1.29, 1.82) is 0 Å². The molecule has 3 aromatic carbocycles. The SMILES string of the molecule is O=C(COC(=O)[C@H](Cc1ccccc1)NC(=O)c1cccs1)NC(c1ccccc1)c1ccccc1. The Hall–Kier alpha value is -4.23. The van der Waals surface area contributed by atoms with E-state index in [0.29, 0.717) is 4.88 Å². The standard InChI is InChI=1S/C29H26N2O4S/c32-26(31-27(22-13-6-2-7-14-22)23-15-8-3-9-16-23)20-35-29(34)24(19-21-11-4-1-5-12-21)30-28(33)25-17-10-18-36-25/h1-18,24,27H,19-20H2,(H,30,33)(H,31,32)/t24-/m0/s1. The number of carbonyl (C=O) groups excluding carboxylic acids is 3. The van der Waals surface area contributed by atoms with Gasteiger partial charge in [0.25, 0.3) is 11.8 Å². The molecule has 182 valence electrons. The van der Waals surface area contributed by atoms with E-state index in [1.807, 2.05) is 91.0 Å². The zero-order valence-corrected chi connectivity index (χ0v) is 20.3. The van der Waals surface area contributed by atoms with Gasteiger partial charge in [0.1, 0.15) is 6.04 Å². The summed E-state index contributed by atoms with van der Waals surface area (Å²) in [7, 11) is 0. The van der Waals surface area contributed by atoms with Crippen LogP contribution in [0.3, 0.4) is 0 Å². The molecule has 0 bridgehead atoms. The molecule has 0 aliphatic rings. The van der Waals surface area contributed by atoms with E-state index in [1.165, 1.54) is 11.3 Å². The highest BCUT2D eigenvalue weighted by atomic mass is 32.1. The minimum absolute atomic E-state index is 0.245. The van der Waals surface area contributed by atoms with Crippen molar-refractivity contribution in [2.75, 3.05) is 6.61 Å². The summed E-state index contributed by atoms with van der Waals surface area (Å²) in [6.07, 6.45) is 0.245. The molecular weight excluding hydrogens is 472 g/mol. The molecule has 1 heterocycles. The molecule has 0 unspecified atom stereocenters. The van der Waals surface area contributed by atoms with Gasteiger partial charge in [-0.15, -0.1) is 11.3 Å². The monoisotopic (exact) mass is 498 g/mol. The van der Waals surface area contributed by atoms with Gasteiger partial charge in [-0.05, 0) is 28.1 Å². The number of thiophene rings is 1. The summed E-state index contributed by atoms with van der Waals surface area (Å²) >= 11 is 1.28. The van der Waals surface area contributed by atoms with E-state index < -0.39 is 30.6 Å². The molecule has 0 aliphatic heterocycles. The molecular formula is C29H26N2O4S. The average Bonchev–Trinajstić information content (AvgIpc) is 3.47. The number of hydrogen-bond donors (Lipinski definition) is 2. The van der Waals surface area contributed by atoms with Crippen molar-refractivity contribution >= 4 is 29.1 Å². The summed E-state index contributed by atoms with van der Waals surface area (Å²) in [5.74, 6) is -1.47. The van der Waals surface area contributed by atoms with Crippen LogP contribution in [-0.4, -0.2) is 30.4 Å². The van der Waals surface area contributed by atoms with E-state index in [9.17, 15) is 14.4 Å². The predicted molar refractivity (Wildman–Crippen MR) is 140 cm³/mol. The third-order valence-electron chi connectivity index (χ3n) is 5.53. The first-order valence-electron chi connectivity index (χ1n) is 11.5. The predicted octanol–water partition coefficient (Wildman–Crippen LogP) is 4.54. The Morgan fingerprint density at radius 3 is 1.86 bits per heavy atom. The summed E-state index contributed by atoms with van der Waals surface area (Å²) in [6, 6.07) is 30.6. The molecule has 1 aromatic heterocycles. The fourth-order valence-corrected chi connectivity index (χ4v) is 4.40. The number of ether oxygens (including phenoxy) is 1. The summed E-state index contributed by atoms with van der Waals surface area (Å²) in [6.45, 7) is -0.463. The van der Waals surface area contributed by atoms with Crippen LogP contribution >= 0.6 is 11.3 Å². The molecule has 4 rings (SSSR count). The summed E-state index contributed by atoms with van der Waals surface area (Å²) in [4.78, 5) is 38.9. The molecule has 2 amide bonds. The third-order valence-corrected chi connectivity index (χ3v) is 6.40. The van der Waals surface area contributed by atoms with Gasteiger partial charge in [-0.2, -0.15) is 0 Å². The van der Waals surface area contributed by atoms with Crippen molar-refractivity contribution in [2.24, 2.45) is 0 Å². The third kappa shape index (κ3) is 6.90. The lowest BCUT2D eigenvalue weighted by Gasteiger charge is -2.21. The van der Waals surface area contributed by atoms with Crippen LogP contribution in [0.15, 0.2) is 109 Å². The molecule has 7 heteroatoms. The quantitative estimate of drug-likeness (QED) is 0.315. The molecule has 4 aromatic rings. The van der Waals surface area contributed by atoms with Crippen LogP contribution < -0.4 is 10.6 Å². The molecule has 0 fully saturated rings. The Kier molecular flexibility index (Phi) is 8.62. The number of nitrogens with one attached hydrogen (secondary N) is 2. The van der Waals surface area contributed by atoms with E-state index >= 15 is 0 Å². The second kappa shape index (κ2) is 12.5. The van der Waals surface area contributed by atoms with E-state index in [4.69, 9.17) is 4.74 Å². The highest BCUT2D eigenvalue weighted by Gasteiger charge is 2.25. The van der Waals surface area contributed by atoms with Crippen molar-refractivity contribution in [3.05, 3.63) is 130 Å². The largest absolute Gasteiger partial charge is 0.454 e. The summed E-state index contributed by atoms with van der Waals surface area (Å²) in [5, 5.41) is 7.50. The molecule has 0 aliphatic carbocycles. The lowest BCUT2D eigenvalue weighted by atomic mass is 9.99. The molecule has 0 saturated carbocycles. The van der Waals surface area contributed by atoms with E-state index in [0.717, 1.165) is 16.7 Å². The van der Waals surface area contributed by atoms with Gasteiger partial charge in [-0.25, -0.2) is 4.79 Å². The molecule has 0 radical (unpaired) electrons. The summed E-state index contributed by atoms with van der Waals surface area (Å²) in [5.41, 5.74) is 2.69. The first kappa shape index (κ1) is 24.9. The molecule has 36 heavy (non-hydrogen) atoms. The number of rotatable bonds is 10. The smallest absolute Gasteiger partial charge is 0.329 e.